The fourth-order valence-corrected chi connectivity index (χ4v) is 2.32. The van der Waals surface area contributed by atoms with Gasteiger partial charge in [0.1, 0.15) is 0 Å². The summed E-state index contributed by atoms with van der Waals surface area (Å²) in [5.41, 5.74) is 7.36. The molecule has 2 atom stereocenters. The Morgan fingerprint density at radius 3 is 2.94 bits per heavy atom. The fourth-order valence-electron chi connectivity index (χ4n) is 2.32. The summed E-state index contributed by atoms with van der Waals surface area (Å²) in [6.45, 7) is 10.0. The maximum Gasteiger partial charge on any atom is 0.0896 e. The lowest BCUT2D eigenvalue weighted by Gasteiger charge is -2.37. The van der Waals surface area contributed by atoms with Gasteiger partial charge in [-0.05, 0) is 20.8 Å². The maximum atomic E-state index is 6.30. The first-order chi connectivity index (χ1) is 8.61. The molecule has 1 aromatic heterocycles. The summed E-state index contributed by atoms with van der Waals surface area (Å²) in [6.07, 6.45) is 3.93. The van der Waals surface area contributed by atoms with E-state index in [-0.39, 0.29) is 12.1 Å². The number of morpholine rings is 1. The van der Waals surface area contributed by atoms with Crippen molar-refractivity contribution in [3.63, 3.8) is 0 Å². The molecular weight excluding hydrogens is 228 g/mol. The van der Waals surface area contributed by atoms with Crippen LogP contribution in [-0.2, 0) is 11.3 Å². The van der Waals surface area contributed by atoms with Gasteiger partial charge in [-0.25, -0.2) is 0 Å². The van der Waals surface area contributed by atoms with Gasteiger partial charge in [0.2, 0.25) is 0 Å². The second-order valence-corrected chi connectivity index (χ2v) is 5.15. The zero-order valence-corrected chi connectivity index (χ0v) is 11.5. The average molecular weight is 252 g/mol. The van der Waals surface area contributed by atoms with Crippen LogP contribution in [0.1, 0.15) is 32.4 Å². The minimum absolute atomic E-state index is 0.0654. The van der Waals surface area contributed by atoms with Crippen molar-refractivity contribution >= 4 is 0 Å². The van der Waals surface area contributed by atoms with Crippen molar-refractivity contribution in [2.24, 2.45) is 5.73 Å². The van der Waals surface area contributed by atoms with Crippen LogP contribution in [0.25, 0.3) is 0 Å². The van der Waals surface area contributed by atoms with Crippen LogP contribution in [-0.4, -0.2) is 46.5 Å². The highest BCUT2D eigenvalue weighted by Gasteiger charge is 2.28. The van der Waals surface area contributed by atoms with E-state index in [1.165, 1.54) is 0 Å². The molecule has 5 nitrogen and oxygen atoms in total. The van der Waals surface area contributed by atoms with Crippen LogP contribution in [0.5, 0.6) is 0 Å². The molecule has 1 fully saturated rings. The van der Waals surface area contributed by atoms with Gasteiger partial charge in [0.25, 0.3) is 0 Å². The molecule has 0 saturated carbocycles. The van der Waals surface area contributed by atoms with Crippen LogP contribution in [0, 0.1) is 0 Å². The zero-order valence-electron chi connectivity index (χ0n) is 11.5. The lowest BCUT2D eigenvalue weighted by atomic mass is 10.0. The topological polar surface area (TPSA) is 56.3 Å². The molecule has 18 heavy (non-hydrogen) atoms. The Hall–Kier alpha value is -0.910. The van der Waals surface area contributed by atoms with Crippen LogP contribution >= 0.6 is 0 Å². The SMILES string of the molecule is CCn1cc(C(N)C2CN(C(C)C)CCO2)cn1. The highest BCUT2D eigenvalue weighted by Crippen LogP contribution is 2.20. The predicted octanol–water partition coefficient (Wildman–Crippen LogP) is 1.01. The molecule has 0 aliphatic carbocycles. The summed E-state index contributed by atoms with van der Waals surface area (Å²) in [7, 11) is 0. The molecule has 1 aliphatic rings. The molecule has 2 unspecified atom stereocenters. The third-order valence-electron chi connectivity index (χ3n) is 3.62. The van der Waals surface area contributed by atoms with Gasteiger partial charge in [-0.1, -0.05) is 0 Å². The molecule has 5 heteroatoms. The minimum Gasteiger partial charge on any atom is -0.374 e. The van der Waals surface area contributed by atoms with Gasteiger partial charge in [0, 0.05) is 37.4 Å². The van der Waals surface area contributed by atoms with Gasteiger partial charge in [0.05, 0.1) is 24.9 Å². The minimum atomic E-state index is -0.0909. The van der Waals surface area contributed by atoms with Gasteiger partial charge in [-0.3, -0.25) is 9.58 Å². The van der Waals surface area contributed by atoms with Crippen molar-refractivity contribution in [2.45, 2.75) is 45.5 Å². The number of aromatic nitrogens is 2. The van der Waals surface area contributed by atoms with E-state index >= 15 is 0 Å². The molecule has 1 aliphatic heterocycles. The van der Waals surface area contributed by atoms with Crippen molar-refractivity contribution in [2.75, 3.05) is 19.7 Å². The fraction of sp³-hybridized carbons (Fsp3) is 0.769. The van der Waals surface area contributed by atoms with E-state index in [1.54, 1.807) is 0 Å². The molecule has 1 saturated heterocycles. The first kappa shape index (κ1) is 13.5. The number of nitrogens with two attached hydrogens (primary N) is 1. The number of hydrogen-bond acceptors (Lipinski definition) is 4. The smallest absolute Gasteiger partial charge is 0.0896 e. The second kappa shape index (κ2) is 5.82. The molecule has 2 rings (SSSR count). The highest BCUT2D eigenvalue weighted by molar-refractivity contribution is 5.12. The highest BCUT2D eigenvalue weighted by atomic mass is 16.5. The van der Waals surface area contributed by atoms with E-state index in [1.807, 2.05) is 17.1 Å². The van der Waals surface area contributed by atoms with Gasteiger partial charge < -0.3 is 10.5 Å². The van der Waals surface area contributed by atoms with Gasteiger partial charge in [-0.15, -0.1) is 0 Å². The molecule has 0 spiro atoms. The second-order valence-electron chi connectivity index (χ2n) is 5.15. The van der Waals surface area contributed by atoms with E-state index < -0.39 is 0 Å². The van der Waals surface area contributed by atoms with E-state index in [9.17, 15) is 0 Å². The monoisotopic (exact) mass is 252 g/mol. The Balaban J connectivity index is 2.01. The Labute approximate surface area is 109 Å². The zero-order chi connectivity index (χ0) is 13.1. The normalized spacial score (nSPS) is 23.5. The molecule has 102 valence electrons. The summed E-state index contributed by atoms with van der Waals surface area (Å²) in [4.78, 5) is 2.41. The summed E-state index contributed by atoms with van der Waals surface area (Å²) < 4.78 is 7.71. The van der Waals surface area contributed by atoms with Crippen molar-refractivity contribution < 1.29 is 4.74 Å². The van der Waals surface area contributed by atoms with Crippen LogP contribution in [0.15, 0.2) is 12.4 Å². The summed E-state index contributed by atoms with van der Waals surface area (Å²) >= 11 is 0. The summed E-state index contributed by atoms with van der Waals surface area (Å²) in [5, 5.41) is 4.27. The number of aryl methyl sites for hydroxylation is 1. The molecule has 0 aromatic carbocycles. The Morgan fingerprint density at radius 2 is 2.33 bits per heavy atom. The number of nitrogens with zero attached hydrogens (tertiary/aromatic N) is 3. The summed E-state index contributed by atoms with van der Waals surface area (Å²) in [5.74, 6) is 0. The molecule has 2 heterocycles. The van der Waals surface area contributed by atoms with E-state index in [4.69, 9.17) is 10.5 Å². The third-order valence-corrected chi connectivity index (χ3v) is 3.62. The van der Waals surface area contributed by atoms with Crippen molar-refractivity contribution in [3.05, 3.63) is 18.0 Å². The lowest BCUT2D eigenvalue weighted by Crippen LogP contribution is -2.49. The van der Waals surface area contributed by atoms with E-state index in [0.717, 1.165) is 31.8 Å². The van der Waals surface area contributed by atoms with Crippen molar-refractivity contribution in [3.8, 4) is 0 Å². The number of hydrogen-bond donors (Lipinski definition) is 1. The first-order valence-electron chi connectivity index (χ1n) is 6.75. The molecule has 1 aromatic rings. The average Bonchev–Trinajstić information content (AvgIpc) is 2.86. The summed E-state index contributed by atoms with van der Waals surface area (Å²) in [6, 6.07) is 0.453. The van der Waals surface area contributed by atoms with Gasteiger partial charge in [-0.2, -0.15) is 5.10 Å². The Morgan fingerprint density at radius 1 is 1.56 bits per heavy atom. The molecule has 0 radical (unpaired) electrons. The molecule has 2 N–H and O–H groups in total. The molecular formula is C13H24N4O. The number of ether oxygens (including phenoxy) is 1. The standard InChI is InChI=1S/C13H24N4O/c1-4-17-8-11(7-15-17)13(14)12-9-16(10(2)3)5-6-18-12/h7-8,10,12-13H,4-6,9,14H2,1-3H3. The van der Waals surface area contributed by atoms with Crippen LogP contribution < -0.4 is 5.73 Å². The van der Waals surface area contributed by atoms with Crippen LogP contribution in [0.3, 0.4) is 0 Å². The van der Waals surface area contributed by atoms with Gasteiger partial charge in [0.15, 0.2) is 0 Å². The quantitative estimate of drug-likeness (QED) is 0.869. The maximum absolute atomic E-state index is 6.30. The van der Waals surface area contributed by atoms with Gasteiger partial charge >= 0.3 is 0 Å². The Kier molecular flexibility index (Phi) is 4.37. The largest absolute Gasteiger partial charge is 0.374 e. The number of rotatable bonds is 4. The Bertz CT molecular complexity index is 377. The lowest BCUT2D eigenvalue weighted by molar-refractivity contribution is -0.0502. The molecule has 0 bridgehead atoms. The third kappa shape index (κ3) is 2.91. The predicted molar refractivity (Wildman–Crippen MR) is 71.3 cm³/mol. The first-order valence-corrected chi connectivity index (χ1v) is 6.75. The van der Waals surface area contributed by atoms with Crippen molar-refractivity contribution in [1.29, 1.82) is 0 Å². The molecule has 0 amide bonds. The van der Waals surface area contributed by atoms with E-state index in [0.29, 0.717) is 6.04 Å². The van der Waals surface area contributed by atoms with Crippen LogP contribution in [0.4, 0.5) is 0 Å². The van der Waals surface area contributed by atoms with Crippen LogP contribution in [0.2, 0.25) is 0 Å². The van der Waals surface area contributed by atoms with E-state index in [2.05, 4.69) is 30.8 Å². The van der Waals surface area contributed by atoms with Crippen molar-refractivity contribution in [1.82, 2.24) is 14.7 Å².